The molecule has 0 spiro atoms. The van der Waals surface area contributed by atoms with E-state index in [0.29, 0.717) is 13.0 Å². The molecule has 1 atom stereocenters. The molecular weight excluding hydrogens is 312 g/mol. The minimum Gasteiger partial charge on any atom is -0.469 e. The van der Waals surface area contributed by atoms with Crippen molar-refractivity contribution in [1.82, 2.24) is 9.88 Å². The molecule has 1 aliphatic heterocycles. The Labute approximate surface area is 121 Å². The lowest BCUT2D eigenvalue weighted by molar-refractivity contribution is -0.145. The number of pyridine rings is 1. The number of nitrogens with zero attached hydrogens (tertiary/aromatic N) is 2. The molecule has 0 bridgehead atoms. The summed E-state index contributed by atoms with van der Waals surface area (Å²) in [7, 11) is 1.40. The first kappa shape index (κ1) is 14.4. The molecule has 1 aromatic rings. The van der Waals surface area contributed by atoms with Crippen molar-refractivity contribution in [2.24, 2.45) is 0 Å². The number of hydrogen-bond donors (Lipinski definition) is 0. The zero-order chi connectivity index (χ0) is 13.7. The molecule has 5 nitrogen and oxygen atoms in total. The lowest BCUT2D eigenvalue weighted by Crippen LogP contribution is -2.43. The molecular formula is C13H17BrN2O3. The van der Waals surface area contributed by atoms with Gasteiger partial charge in [-0.15, -0.1) is 0 Å². The van der Waals surface area contributed by atoms with Gasteiger partial charge >= 0.3 is 5.97 Å². The predicted molar refractivity (Wildman–Crippen MR) is 73.6 cm³/mol. The number of carbonyl (C=O) groups excluding carboxylic acids is 1. The van der Waals surface area contributed by atoms with E-state index in [1.165, 1.54) is 7.11 Å². The quantitative estimate of drug-likeness (QED) is 0.786. The van der Waals surface area contributed by atoms with Crippen molar-refractivity contribution in [2.45, 2.75) is 19.1 Å². The van der Waals surface area contributed by atoms with Crippen LogP contribution < -0.4 is 0 Å². The highest BCUT2D eigenvalue weighted by Crippen LogP contribution is 2.13. The maximum Gasteiger partial charge on any atom is 0.308 e. The van der Waals surface area contributed by atoms with Crippen molar-refractivity contribution in [3.05, 3.63) is 28.5 Å². The normalized spacial score (nSPS) is 20.2. The number of carbonyl (C=O) groups is 1. The zero-order valence-corrected chi connectivity index (χ0v) is 12.4. The molecule has 6 heteroatoms. The second-order valence-corrected chi connectivity index (χ2v) is 5.39. The summed E-state index contributed by atoms with van der Waals surface area (Å²) in [6.45, 7) is 2.99. The van der Waals surface area contributed by atoms with Crippen LogP contribution in [-0.4, -0.2) is 48.8 Å². The maximum absolute atomic E-state index is 11.2. The van der Waals surface area contributed by atoms with E-state index < -0.39 is 0 Å². The molecule has 104 valence electrons. The number of halogens is 1. The summed E-state index contributed by atoms with van der Waals surface area (Å²) in [5.41, 5.74) is 1.02. The Bertz CT molecular complexity index is 424. The van der Waals surface area contributed by atoms with Crippen LogP contribution >= 0.6 is 15.9 Å². The molecule has 2 heterocycles. The lowest BCUT2D eigenvalue weighted by Gasteiger charge is -2.32. The van der Waals surface area contributed by atoms with Gasteiger partial charge in [0.25, 0.3) is 0 Å². The topological polar surface area (TPSA) is 51.7 Å². The molecule has 2 rings (SSSR count). The van der Waals surface area contributed by atoms with Crippen molar-refractivity contribution < 1.29 is 14.3 Å². The van der Waals surface area contributed by atoms with Gasteiger partial charge < -0.3 is 9.47 Å². The Morgan fingerprint density at radius 3 is 3.16 bits per heavy atom. The molecule has 19 heavy (non-hydrogen) atoms. The number of methoxy groups -OCH3 is 1. The minimum absolute atomic E-state index is 0.0864. The second kappa shape index (κ2) is 6.98. The third-order valence-corrected chi connectivity index (χ3v) is 3.49. The van der Waals surface area contributed by atoms with Gasteiger partial charge in [-0.3, -0.25) is 14.7 Å². The average molecular weight is 329 g/mol. The number of esters is 1. The van der Waals surface area contributed by atoms with E-state index in [9.17, 15) is 4.79 Å². The summed E-state index contributed by atoms with van der Waals surface area (Å²) in [6, 6.07) is 3.98. The lowest BCUT2D eigenvalue weighted by atomic mass is 10.2. The summed E-state index contributed by atoms with van der Waals surface area (Å²) in [4.78, 5) is 17.8. The van der Waals surface area contributed by atoms with Crippen LogP contribution in [-0.2, 0) is 20.8 Å². The molecule has 0 radical (unpaired) electrons. The summed E-state index contributed by atoms with van der Waals surface area (Å²) in [6.07, 6.45) is 2.01. The fraction of sp³-hybridized carbons (Fsp3) is 0.538. The van der Waals surface area contributed by atoms with E-state index in [4.69, 9.17) is 4.74 Å². The van der Waals surface area contributed by atoms with Crippen molar-refractivity contribution in [3.63, 3.8) is 0 Å². The van der Waals surface area contributed by atoms with Gasteiger partial charge in [0.15, 0.2) is 0 Å². The third kappa shape index (κ3) is 4.56. The first-order valence-corrected chi connectivity index (χ1v) is 6.98. The number of rotatable bonds is 4. The second-order valence-electron chi connectivity index (χ2n) is 4.48. The first-order valence-electron chi connectivity index (χ1n) is 6.18. The van der Waals surface area contributed by atoms with E-state index >= 15 is 0 Å². The number of morpholine rings is 1. The molecule has 1 fully saturated rings. The Morgan fingerprint density at radius 1 is 1.63 bits per heavy atom. The highest BCUT2D eigenvalue weighted by Gasteiger charge is 2.23. The van der Waals surface area contributed by atoms with Crippen molar-refractivity contribution in [2.75, 3.05) is 26.8 Å². The molecule has 0 amide bonds. The fourth-order valence-corrected chi connectivity index (χ4v) is 2.28. The highest BCUT2D eigenvalue weighted by molar-refractivity contribution is 9.10. The van der Waals surface area contributed by atoms with Gasteiger partial charge in [0.05, 0.1) is 31.9 Å². The zero-order valence-electron chi connectivity index (χ0n) is 10.8. The number of aromatic nitrogens is 1. The Hall–Kier alpha value is -0.980. The molecule has 0 N–H and O–H groups in total. The number of hydrogen-bond acceptors (Lipinski definition) is 5. The molecule has 1 unspecified atom stereocenters. The largest absolute Gasteiger partial charge is 0.469 e. The van der Waals surface area contributed by atoms with E-state index in [1.807, 2.05) is 12.1 Å². The molecule has 1 saturated heterocycles. The van der Waals surface area contributed by atoms with E-state index in [1.54, 1.807) is 6.20 Å². The van der Waals surface area contributed by atoms with Gasteiger partial charge in [-0.1, -0.05) is 0 Å². The standard InChI is InChI=1S/C13H17BrN2O3/c1-18-13(17)6-12-9-16(4-5-19-12)8-11-3-2-10(14)7-15-11/h2-3,7,12H,4-6,8-9H2,1H3. The van der Waals surface area contributed by atoms with Crippen LogP contribution in [0.4, 0.5) is 0 Å². The van der Waals surface area contributed by atoms with Gasteiger partial charge in [-0.25, -0.2) is 0 Å². The van der Waals surface area contributed by atoms with Gasteiger partial charge in [0, 0.05) is 30.3 Å². The van der Waals surface area contributed by atoms with Crippen LogP contribution in [0.2, 0.25) is 0 Å². The summed E-state index contributed by atoms with van der Waals surface area (Å²) < 4.78 is 11.2. The van der Waals surface area contributed by atoms with Crippen LogP contribution in [0.3, 0.4) is 0 Å². The first-order chi connectivity index (χ1) is 9.17. The molecule has 0 aliphatic carbocycles. The van der Waals surface area contributed by atoms with Crippen LogP contribution in [0, 0.1) is 0 Å². The average Bonchev–Trinajstić information content (AvgIpc) is 2.42. The Morgan fingerprint density at radius 2 is 2.47 bits per heavy atom. The SMILES string of the molecule is COC(=O)CC1CN(Cc2ccc(Br)cn2)CCO1. The van der Waals surface area contributed by atoms with Gasteiger partial charge in [0.1, 0.15) is 0 Å². The van der Waals surface area contributed by atoms with Gasteiger partial charge in [-0.2, -0.15) is 0 Å². The summed E-state index contributed by atoms with van der Waals surface area (Å²) in [5, 5.41) is 0. The van der Waals surface area contributed by atoms with Gasteiger partial charge in [0.2, 0.25) is 0 Å². The summed E-state index contributed by atoms with van der Waals surface area (Å²) >= 11 is 3.37. The van der Waals surface area contributed by atoms with Crippen LogP contribution in [0.5, 0.6) is 0 Å². The molecule has 0 saturated carbocycles. The predicted octanol–water partition coefficient (Wildman–Crippen LogP) is 1.61. The van der Waals surface area contributed by atoms with E-state index in [2.05, 4.69) is 30.6 Å². The van der Waals surface area contributed by atoms with E-state index in [0.717, 1.165) is 29.8 Å². The monoisotopic (exact) mass is 328 g/mol. The smallest absolute Gasteiger partial charge is 0.308 e. The van der Waals surface area contributed by atoms with Crippen LogP contribution in [0.15, 0.2) is 22.8 Å². The minimum atomic E-state index is -0.228. The van der Waals surface area contributed by atoms with Crippen LogP contribution in [0.1, 0.15) is 12.1 Å². The Kier molecular flexibility index (Phi) is 5.30. The van der Waals surface area contributed by atoms with Crippen LogP contribution in [0.25, 0.3) is 0 Å². The molecule has 0 aromatic carbocycles. The summed E-state index contributed by atoms with van der Waals surface area (Å²) in [5.74, 6) is -0.228. The number of ether oxygens (including phenoxy) is 2. The maximum atomic E-state index is 11.2. The van der Waals surface area contributed by atoms with Gasteiger partial charge in [-0.05, 0) is 28.1 Å². The molecule has 1 aromatic heterocycles. The van der Waals surface area contributed by atoms with Crippen molar-refractivity contribution >= 4 is 21.9 Å². The van der Waals surface area contributed by atoms with E-state index in [-0.39, 0.29) is 12.1 Å². The molecule has 1 aliphatic rings. The Balaban J connectivity index is 1.87. The van der Waals surface area contributed by atoms with Crippen molar-refractivity contribution in [1.29, 1.82) is 0 Å². The third-order valence-electron chi connectivity index (χ3n) is 3.02. The fourth-order valence-electron chi connectivity index (χ4n) is 2.05. The van der Waals surface area contributed by atoms with Crippen molar-refractivity contribution in [3.8, 4) is 0 Å². The highest BCUT2D eigenvalue weighted by atomic mass is 79.9.